The smallest absolute Gasteiger partial charge is 0.219 e. The van der Waals surface area contributed by atoms with Gasteiger partial charge in [0, 0.05) is 38.5 Å². The Morgan fingerprint density at radius 2 is 1.65 bits per heavy atom. The van der Waals surface area contributed by atoms with Crippen LogP contribution in [0.1, 0.15) is 18.2 Å². The quantitative estimate of drug-likeness (QED) is 0.716. The summed E-state index contributed by atoms with van der Waals surface area (Å²) in [4.78, 5) is 15.7. The molecule has 0 atom stereocenters. The number of benzene rings is 2. The molecule has 0 radical (unpaired) electrons. The van der Waals surface area contributed by atoms with Gasteiger partial charge in [-0.2, -0.15) is 0 Å². The van der Waals surface area contributed by atoms with Crippen LogP contribution in [-0.2, 0) is 11.3 Å². The van der Waals surface area contributed by atoms with Crippen molar-refractivity contribution in [2.24, 2.45) is 0 Å². The van der Waals surface area contributed by atoms with Crippen LogP contribution in [0.3, 0.4) is 0 Å². The normalized spacial score (nSPS) is 15.5. The predicted octanol–water partition coefficient (Wildman–Crippen LogP) is 4.07. The molecule has 134 valence electrons. The second kappa shape index (κ2) is 6.96. The summed E-state index contributed by atoms with van der Waals surface area (Å²) in [6.07, 6.45) is 0. The van der Waals surface area contributed by atoms with Crippen molar-refractivity contribution in [3.8, 4) is 11.1 Å². The Morgan fingerprint density at radius 1 is 0.962 bits per heavy atom. The van der Waals surface area contributed by atoms with Crippen LogP contribution in [0.2, 0.25) is 0 Å². The Kier molecular flexibility index (Phi) is 4.51. The molecular weight excluding hydrogens is 324 g/mol. The molecule has 26 heavy (non-hydrogen) atoms. The van der Waals surface area contributed by atoms with Crippen LogP contribution in [0, 0.1) is 6.92 Å². The van der Waals surface area contributed by atoms with Crippen molar-refractivity contribution < 1.29 is 9.21 Å². The fourth-order valence-corrected chi connectivity index (χ4v) is 3.54. The lowest BCUT2D eigenvalue weighted by Gasteiger charge is -2.33. The SMILES string of the molecule is CC(=O)N1CCN(Cc2cc3cc(-c4ccc(C)cc4)ccc3o2)CC1. The number of hydrogen-bond acceptors (Lipinski definition) is 3. The summed E-state index contributed by atoms with van der Waals surface area (Å²) >= 11 is 0. The molecule has 4 nitrogen and oxygen atoms in total. The van der Waals surface area contributed by atoms with Gasteiger partial charge in [-0.25, -0.2) is 0 Å². The molecule has 0 bridgehead atoms. The molecule has 0 unspecified atom stereocenters. The molecule has 0 aliphatic carbocycles. The van der Waals surface area contributed by atoms with Gasteiger partial charge in [0.05, 0.1) is 6.54 Å². The van der Waals surface area contributed by atoms with E-state index >= 15 is 0 Å². The van der Waals surface area contributed by atoms with Gasteiger partial charge in [0.2, 0.25) is 5.91 Å². The van der Waals surface area contributed by atoms with Gasteiger partial charge in [-0.15, -0.1) is 0 Å². The highest BCUT2D eigenvalue weighted by Crippen LogP contribution is 2.27. The van der Waals surface area contributed by atoms with E-state index in [1.54, 1.807) is 6.92 Å². The molecule has 0 N–H and O–H groups in total. The van der Waals surface area contributed by atoms with E-state index in [2.05, 4.69) is 60.4 Å². The average Bonchev–Trinajstić information content (AvgIpc) is 3.04. The molecule has 0 spiro atoms. The van der Waals surface area contributed by atoms with Crippen molar-refractivity contribution in [3.05, 3.63) is 59.9 Å². The zero-order valence-corrected chi connectivity index (χ0v) is 15.4. The van der Waals surface area contributed by atoms with Crippen molar-refractivity contribution in [3.63, 3.8) is 0 Å². The van der Waals surface area contributed by atoms with Crippen molar-refractivity contribution in [2.45, 2.75) is 20.4 Å². The Labute approximate surface area is 154 Å². The summed E-state index contributed by atoms with van der Waals surface area (Å²) in [6.45, 7) is 7.92. The third-order valence-electron chi connectivity index (χ3n) is 5.15. The Hall–Kier alpha value is -2.59. The summed E-state index contributed by atoms with van der Waals surface area (Å²) in [5.74, 6) is 1.15. The molecule has 1 fully saturated rings. The Bertz CT molecular complexity index is 919. The van der Waals surface area contributed by atoms with E-state index < -0.39 is 0 Å². The van der Waals surface area contributed by atoms with Crippen molar-refractivity contribution >= 4 is 16.9 Å². The van der Waals surface area contributed by atoms with Gasteiger partial charge in [-0.1, -0.05) is 35.9 Å². The Balaban J connectivity index is 1.49. The molecule has 1 saturated heterocycles. The van der Waals surface area contributed by atoms with E-state index in [0.29, 0.717) is 0 Å². The molecule has 1 amide bonds. The maximum atomic E-state index is 11.4. The highest BCUT2D eigenvalue weighted by atomic mass is 16.3. The van der Waals surface area contributed by atoms with E-state index in [1.807, 2.05) is 4.90 Å². The number of rotatable bonds is 3. The summed E-state index contributed by atoms with van der Waals surface area (Å²) < 4.78 is 6.03. The van der Waals surface area contributed by atoms with E-state index in [9.17, 15) is 4.79 Å². The van der Waals surface area contributed by atoms with Gasteiger partial charge in [0.25, 0.3) is 0 Å². The molecule has 1 aromatic heterocycles. The monoisotopic (exact) mass is 348 g/mol. The standard InChI is InChI=1S/C22H24N2O2/c1-16-3-5-18(6-4-16)19-7-8-22-20(13-19)14-21(26-22)15-23-9-11-24(12-10-23)17(2)25/h3-8,13-14H,9-12,15H2,1-2H3. The molecule has 0 saturated carbocycles. The molecule has 2 aromatic carbocycles. The van der Waals surface area contributed by atoms with E-state index in [0.717, 1.165) is 49.5 Å². The minimum atomic E-state index is 0.164. The minimum Gasteiger partial charge on any atom is -0.460 e. The first kappa shape index (κ1) is 16.9. The molecule has 1 aliphatic heterocycles. The lowest BCUT2D eigenvalue weighted by atomic mass is 10.0. The lowest BCUT2D eigenvalue weighted by Crippen LogP contribution is -2.47. The van der Waals surface area contributed by atoms with Crippen LogP contribution in [0.5, 0.6) is 0 Å². The summed E-state index contributed by atoms with van der Waals surface area (Å²) in [5.41, 5.74) is 4.63. The maximum absolute atomic E-state index is 11.4. The van der Waals surface area contributed by atoms with Gasteiger partial charge >= 0.3 is 0 Å². The third-order valence-corrected chi connectivity index (χ3v) is 5.15. The van der Waals surface area contributed by atoms with Gasteiger partial charge in [-0.3, -0.25) is 9.69 Å². The summed E-state index contributed by atoms with van der Waals surface area (Å²) in [7, 11) is 0. The summed E-state index contributed by atoms with van der Waals surface area (Å²) in [6, 6.07) is 17.1. The second-order valence-corrected chi connectivity index (χ2v) is 7.11. The van der Waals surface area contributed by atoms with Crippen LogP contribution < -0.4 is 0 Å². The maximum Gasteiger partial charge on any atom is 0.219 e. The van der Waals surface area contributed by atoms with Crippen LogP contribution in [-0.4, -0.2) is 41.9 Å². The number of carbonyl (C=O) groups is 1. The highest BCUT2D eigenvalue weighted by molar-refractivity contribution is 5.84. The van der Waals surface area contributed by atoms with Crippen molar-refractivity contribution in [1.82, 2.24) is 9.80 Å². The minimum absolute atomic E-state index is 0.164. The molecule has 2 heterocycles. The first-order valence-electron chi connectivity index (χ1n) is 9.16. The second-order valence-electron chi connectivity index (χ2n) is 7.11. The molecular formula is C22H24N2O2. The van der Waals surface area contributed by atoms with Gasteiger partial charge in [-0.05, 0) is 36.2 Å². The number of aryl methyl sites for hydroxylation is 1. The van der Waals surface area contributed by atoms with Crippen molar-refractivity contribution in [1.29, 1.82) is 0 Å². The number of furan rings is 1. The van der Waals surface area contributed by atoms with Crippen LogP contribution in [0.15, 0.2) is 52.9 Å². The molecule has 4 heteroatoms. The van der Waals surface area contributed by atoms with Crippen LogP contribution in [0.4, 0.5) is 0 Å². The first-order chi connectivity index (χ1) is 12.6. The number of piperazine rings is 1. The lowest BCUT2D eigenvalue weighted by molar-refractivity contribution is -0.130. The highest BCUT2D eigenvalue weighted by Gasteiger charge is 2.19. The predicted molar refractivity (Wildman–Crippen MR) is 104 cm³/mol. The van der Waals surface area contributed by atoms with Gasteiger partial charge in [0.1, 0.15) is 11.3 Å². The van der Waals surface area contributed by atoms with Crippen molar-refractivity contribution in [2.75, 3.05) is 26.2 Å². The number of nitrogens with zero attached hydrogens (tertiary/aromatic N) is 2. The number of carbonyl (C=O) groups excluding carboxylic acids is 1. The first-order valence-corrected chi connectivity index (χ1v) is 9.16. The molecule has 1 aliphatic rings. The zero-order chi connectivity index (χ0) is 18.1. The van der Waals surface area contributed by atoms with E-state index in [4.69, 9.17) is 4.42 Å². The topological polar surface area (TPSA) is 36.7 Å². The Morgan fingerprint density at radius 3 is 2.35 bits per heavy atom. The van der Waals surface area contributed by atoms with Crippen LogP contribution >= 0.6 is 0 Å². The van der Waals surface area contributed by atoms with E-state index in [1.165, 1.54) is 16.7 Å². The molecule has 3 aromatic rings. The number of amides is 1. The summed E-state index contributed by atoms with van der Waals surface area (Å²) in [5, 5.41) is 1.14. The zero-order valence-electron chi connectivity index (χ0n) is 15.4. The molecule has 4 rings (SSSR count). The van der Waals surface area contributed by atoms with Crippen LogP contribution in [0.25, 0.3) is 22.1 Å². The largest absolute Gasteiger partial charge is 0.460 e. The number of fused-ring (bicyclic) bond motifs is 1. The van der Waals surface area contributed by atoms with Gasteiger partial charge in [0.15, 0.2) is 0 Å². The number of hydrogen-bond donors (Lipinski definition) is 0. The fourth-order valence-electron chi connectivity index (χ4n) is 3.54. The third kappa shape index (κ3) is 3.51. The fraction of sp³-hybridized carbons (Fsp3) is 0.318. The van der Waals surface area contributed by atoms with Gasteiger partial charge < -0.3 is 9.32 Å². The van der Waals surface area contributed by atoms with E-state index in [-0.39, 0.29) is 5.91 Å². The average molecular weight is 348 g/mol.